The number of carboxylic acids is 1. The van der Waals surface area contributed by atoms with Gasteiger partial charge >= 0.3 is 17.9 Å². The molecule has 0 aromatic heterocycles. The molecule has 270 valence electrons. The van der Waals surface area contributed by atoms with E-state index < -0.39 is 35.0 Å². The number of fused-ring (bicyclic) bond motifs is 7. The number of hydrogen-bond acceptors (Lipinski definition) is 6. The molecule has 5 aliphatic rings. The van der Waals surface area contributed by atoms with Gasteiger partial charge in [0.25, 0.3) is 0 Å². The molecule has 0 unspecified atom stereocenters. The molecular weight excluding hydrogens is 616 g/mol. The third-order valence-corrected chi connectivity index (χ3v) is 15.2. The van der Waals surface area contributed by atoms with Gasteiger partial charge < -0.3 is 19.7 Å². The zero-order valence-electron chi connectivity index (χ0n) is 31.0. The van der Waals surface area contributed by atoms with Crippen LogP contribution in [0.1, 0.15) is 131 Å². The Hall–Kier alpha value is -2.67. The molecule has 49 heavy (non-hydrogen) atoms. The topological polar surface area (TPSA) is 110 Å². The zero-order chi connectivity index (χ0) is 35.6. The van der Waals surface area contributed by atoms with Gasteiger partial charge in [-0.05, 0) is 115 Å². The van der Waals surface area contributed by atoms with Crippen molar-refractivity contribution in [2.45, 2.75) is 144 Å². The summed E-state index contributed by atoms with van der Waals surface area (Å²) >= 11 is 0. The Bertz CT molecular complexity index is 1480. The van der Waals surface area contributed by atoms with Crippen molar-refractivity contribution in [2.24, 2.45) is 50.2 Å². The van der Waals surface area contributed by atoms with Crippen molar-refractivity contribution in [1.29, 1.82) is 0 Å². The summed E-state index contributed by atoms with van der Waals surface area (Å²) in [7, 11) is 0. The number of aliphatic hydroxyl groups is 1. The van der Waals surface area contributed by atoms with E-state index in [0.29, 0.717) is 18.9 Å². The van der Waals surface area contributed by atoms with Gasteiger partial charge in [-0.25, -0.2) is 0 Å². The Morgan fingerprint density at radius 2 is 1.55 bits per heavy atom. The molecule has 0 aliphatic heterocycles. The van der Waals surface area contributed by atoms with Crippen LogP contribution in [0.15, 0.2) is 42.0 Å². The van der Waals surface area contributed by atoms with Crippen molar-refractivity contribution in [3.05, 3.63) is 47.5 Å². The van der Waals surface area contributed by atoms with Gasteiger partial charge in [0.15, 0.2) is 0 Å². The Labute approximate surface area is 293 Å². The first-order valence-electron chi connectivity index (χ1n) is 18.9. The molecule has 6 rings (SSSR count). The van der Waals surface area contributed by atoms with Crippen LogP contribution in [-0.4, -0.2) is 40.3 Å². The highest BCUT2D eigenvalue weighted by molar-refractivity contribution is 5.79. The molecule has 5 aliphatic carbocycles. The second-order valence-electron chi connectivity index (χ2n) is 18.7. The van der Waals surface area contributed by atoms with Crippen molar-refractivity contribution in [3.8, 4) is 0 Å². The number of rotatable bonds is 8. The molecule has 4 fully saturated rings. The summed E-state index contributed by atoms with van der Waals surface area (Å²) in [5.41, 5.74) is 1.37. The van der Waals surface area contributed by atoms with E-state index in [4.69, 9.17) is 14.6 Å². The third-order valence-electron chi connectivity index (χ3n) is 15.2. The predicted molar refractivity (Wildman–Crippen MR) is 188 cm³/mol. The zero-order valence-corrected chi connectivity index (χ0v) is 31.0. The molecule has 0 saturated heterocycles. The second kappa shape index (κ2) is 12.5. The number of hydrogen-bond donors (Lipinski definition) is 2. The summed E-state index contributed by atoms with van der Waals surface area (Å²) in [6.45, 7) is 16.7. The lowest BCUT2D eigenvalue weighted by atomic mass is 9.33. The minimum atomic E-state index is -0.928. The smallest absolute Gasteiger partial charge is 0.313 e. The maximum Gasteiger partial charge on any atom is 0.313 e. The fourth-order valence-electron chi connectivity index (χ4n) is 12.3. The van der Waals surface area contributed by atoms with Gasteiger partial charge in [-0.15, -0.1) is 0 Å². The fraction of sp³-hybridized carbons (Fsp3) is 0.738. The SMILES string of the molecule is CC1(C)CC[C@]2(C(=O)OCc3ccccc3)CC[C@]3(C)C(=CC[C@@H]4[C@@]5(C)C[C@@H](OC(=O)CCCC(=O)O)[C@H](O)C(C)(C)[C@@H]5CC[C@]43C)[C@@H]2C1. The Kier molecular flexibility index (Phi) is 9.24. The summed E-state index contributed by atoms with van der Waals surface area (Å²) in [5.74, 6) is -0.659. The highest BCUT2D eigenvalue weighted by Gasteiger charge is 2.70. The number of carbonyl (C=O) groups excluding carboxylic acids is 2. The molecule has 0 spiro atoms. The van der Waals surface area contributed by atoms with Crippen LogP contribution >= 0.6 is 0 Å². The summed E-state index contributed by atoms with van der Waals surface area (Å²) in [6.07, 6.45) is 9.48. The maximum absolute atomic E-state index is 14.3. The van der Waals surface area contributed by atoms with Crippen LogP contribution in [0, 0.1) is 50.2 Å². The largest absolute Gasteiger partial charge is 0.481 e. The minimum Gasteiger partial charge on any atom is -0.481 e. The van der Waals surface area contributed by atoms with Crippen molar-refractivity contribution < 1.29 is 34.1 Å². The molecule has 1 aromatic carbocycles. The fourth-order valence-corrected chi connectivity index (χ4v) is 12.3. The molecule has 7 heteroatoms. The summed E-state index contributed by atoms with van der Waals surface area (Å²) in [5, 5.41) is 20.7. The first kappa shape index (κ1) is 36.1. The molecule has 0 radical (unpaired) electrons. The van der Waals surface area contributed by atoms with Gasteiger partial charge in [0, 0.05) is 12.8 Å². The number of aliphatic hydroxyl groups excluding tert-OH is 1. The molecule has 7 nitrogen and oxygen atoms in total. The molecule has 9 atom stereocenters. The van der Waals surface area contributed by atoms with Crippen LogP contribution in [0.25, 0.3) is 0 Å². The number of benzene rings is 1. The number of carboxylic acid groups (broad SMARTS) is 1. The molecule has 1 aromatic rings. The van der Waals surface area contributed by atoms with E-state index in [-0.39, 0.29) is 58.7 Å². The lowest BCUT2D eigenvalue weighted by Crippen LogP contribution is -2.67. The molecule has 0 heterocycles. The minimum absolute atomic E-state index is 0.0289. The van der Waals surface area contributed by atoms with Crippen LogP contribution in [0.3, 0.4) is 0 Å². The van der Waals surface area contributed by atoms with Crippen LogP contribution in [0.4, 0.5) is 0 Å². The lowest BCUT2D eigenvalue weighted by Gasteiger charge is -2.71. The molecule has 0 amide bonds. The third kappa shape index (κ3) is 5.88. The number of aliphatic carboxylic acids is 1. The summed E-state index contributed by atoms with van der Waals surface area (Å²) in [6, 6.07) is 9.99. The van der Waals surface area contributed by atoms with Crippen LogP contribution in [0.2, 0.25) is 0 Å². The highest BCUT2D eigenvalue weighted by atomic mass is 16.6. The Morgan fingerprint density at radius 1 is 0.857 bits per heavy atom. The monoisotopic (exact) mass is 676 g/mol. The van der Waals surface area contributed by atoms with Crippen molar-refractivity contribution in [1.82, 2.24) is 0 Å². The highest BCUT2D eigenvalue weighted by Crippen LogP contribution is 2.76. The van der Waals surface area contributed by atoms with E-state index >= 15 is 0 Å². The quantitative estimate of drug-likeness (QED) is 0.209. The molecule has 0 bridgehead atoms. The number of esters is 2. The molecule has 2 N–H and O–H groups in total. The van der Waals surface area contributed by atoms with E-state index in [9.17, 15) is 19.5 Å². The molecule has 4 saturated carbocycles. The number of carbonyl (C=O) groups is 3. The van der Waals surface area contributed by atoms with Gasteiger partial charge in [0.2, 0.25) is 0 Å². The van der Waals surface area contributed by atoms with Gasteiger partial charge in [0.05, 0.1) is 11.5 Å². The summed E-state index contributed by atoms with van der Waals surface area (Å²) in [4.78, 5) is 38.2. The second-order valence-corrected chi connectivity index (χ2v) is 18.7. The van der Waals surface area contributed by atoms with E-state index in [1.54, 1.807) is 0 Å². The normalized spacial score (nSPS) is 40.3. The van der Waals surface area contributed by atoms with E-state index in [1.165, 1.54) is 5.57 Å². The maximum atomic E-state index is 14.3. The number of ether oxygens (including phenoxy) is 2. The van der Waals surface area contributed by atoms with Gasteiger partial charge in [-0.2, -0.15) is 0 Å². The van der Waals surface area contributed by atoms with Crippen molar-refractivity contribution in [2.75, 3.05) is 0 Å². The van der Waals surface area contributed by atoms with Crippen LogP contribution in [0.5, 0.6) is 0 Å². The van der Waals surface area contributed by atoms with Crippen LogP contribution < -0.4 is 0 Å². The predicted octanol–water partition coefficient (Wildman–Crippen LogP) is 8.67. The standard InChI is InChI=1S/C42H60O7/c1-37(2)20-22-42(36(47)48-26-27-12-9-8-10-13-27)23-21-40(6)28(29(42)24-37)16-17-32-39(5)25-30(49-34(45)15-11-14-33(43)44)35(46)38(3,4)31(39)18-19-41(32,40)7/h8-10,12-13,16,29-32,35,46H,11,14-15,17-26H2,1-7H3,(H,43,44)/t29-,30+,31-,32+,35-,39-,40+,41+,42-/m0/s1. The first-order chi connectivity index (χ1) is 22.9. The Balaban J connectivity index is 1.31. The van der Waals surface area contributed by atoms with Crippen molar-refractivity contribution >= 4 is 17.9 Å². The van der Waals surface area contributed by atoms with E-state index in [1.807, 2.05) is 30.3 Å². The van der Waals surface area contributed by atoms with Gasteiger partial charge in [-0.3, -0.25) is 14.4 Å². The van der Waals surface area contributed by atoms with E-state index in [0.717, 1.165) is 56.9 Å². The average Bonchev–Trinajstić information content (AvgIpc) is 3.02. The van der Waals surface area contributed by atoms with Gasteiger partial charge in [-0.1, -0.05) is 90.4 Å². The summed E-state index contributed by atoms with van der Waals surface area (Å²) < 4.78 is 12.2. The van der Waals surface area contributed by atoms with Crippen molar-refractivity contribution in [3.63, 3.8) is 0 Å². The molecular formula is C42H60O7. The van der Waals surface area contributed by atoms with E-state index in [2.05, 4.69) is 54.5 Å². The number of allylic oxidation sites excluding steroid dienone is 2. The Morgan fingerprint density at radius 3 is 2.24 bits per heavy atom. The lowest BCUT2D eigenvalue weighted by molar-refractivity contribution is -0.238. The first-order valence-corrected chi connectivity index (χ1v) is 18.9. The average molecular weight is 677 g/mol. The van der Waals surface area contributed by atoms with Gasteiger partial charge in [0.1, 0.15) is 12.7 Å². The van der Waals surface area contributed by atoms with Crippen LogP contribution in [-0.2, 0) is 30.5 Å².